The molecule has 1 N–H and O–H groups in total. The van der Waals surface area contributed by atoms with Gasteiger partial charge >= 0.3 is 0 Å². The van der Waals surface area contributed by atoms with Gasteiger partial charge in [-0.15, -0.1) is 0 Å². The van der Waals surface area contributed by atoms with Crippen LogP contribution in [0.25, 0.3) is 0 Å². The summed E-state index contributed by atoms with van der Waals surface area (Å²) >= 11 is 0. The third-order valence-corrected chi connectivity index (χ3v) is 5.14. The van der Waals surface area contributed by atoms with Crippen molar-refractivity contribution in [2.45, 2.75) is 64.3 Å². The van der Waals surface area contributed by atoms with Crippen LogP contribution in [0.4, 0.5) is 0 Å². The molecule has 1 aliphatic carbocycles. The van der Waals surface area contributed by atoms with Gasteiger partial charge in [0.2, 0.25) is 0 Å². The largest absolute Gasteiger partial charge is 0.381 e. The molecule has 2 fully saturated rings. The molecule has 2 rings (SSSR count). The molecule has 3 nitrogen and oxygen atoms in total. The monoisotopic (exact) mass is 282 g/mol. The molecule has 0 aromatic rings. The van der Waals surface area contributed by atoms with E-state index in [4.69, 9.17) is 4.74 Å². The van der Waals surface area contributed by atoms with Gasteiger partial charge in [0.1, 0.15) is 0 Å². The van der Waals surface area contributed by atoms with Crippen LogP contribution in [0.2, 0.25) is 0 Å². The molecule has 20 heavy (non-hydrogen) atoms. The molecule has 1 atom stereocenters. The first-order chi connectivity index (χ1) is 9.76. The maximum atomic E-state index is 5.74. The third-order valence-electron chi connectivity index (χ3n) is 5.14. The first-order valence-corrected chi connectivity index (χ1v) is 8.74. The SMILES string of the molecule is CCCNCC1(CN(C)C2CCCCCC2)CCOC1. The molecule has 0 aromatic carbocycles. The average Bonchev–Trinajstić information content (AvgIpc) is 2.74. The lowest BCUT2D eigenvalue weighted by Gasteiger charge is -2.36. The van der Waals surface area contributed by atoms with Gasteiger partial charge in [0.05, 0.1) is 6.61 Å². The predicted molar refractivity (Wildman–Crippen MR) is 85.1 cm³/mol. The zero-order chi connectivity index (χ0) is 14.3. The molecule has 0 amide bonds. The normalized spacial score (nSPS) is 28.9. The van der Waals surface area contributed by atoms with Crippen molar-refractivity contribution < 1.29 is 4.74 Å². The zero-order valence-electron chi connectivity index (χ0n) is 13.6. The molecule has 1 heterocycles. The Morgan fingerprint density at radius 1 is 1.20 bits per heavy atom. The van der Waals surface area contributed by atoms with Crippen LogP contribution in [-0.2, 0) is 4.74 Å². The molecule has 1 unspecified atom stereocenters. The fourth-order valence-corrected chi connectivity index (χ4v) is 3.86. The van der Waals surface area contributed by atoms with E-state index < -0.39 is 0 Å². The molecule has 0 spiro atoms. The highest BCUT2D eigenvalue weighted by molar-refractivity contribution is 4.89. The van der Waals surface area contributed by atoms with Gasteiger partial charge in [-0.2, -0.15) is 0 Å². The minimum Gasteiger partial charge on any atom is -0.381 e. The summed E-state index contributed by atoms with van der Waals surface area (Å²) in [5, 5.41) is 3.63. The summed E-state index contributed by atoms with van der Waals surface area (Å²) in [5.41, 5.74) is 0.357. The molecule has 1 saturated heterocycles. The van der Waals surface area contributed by atoms with Crippen LogP contribution >= 0.6 is 0 Å². The summed E-state index contributed by atoms with van der Waals surface area (Å²) in [4.78, 5) is 2.65. The standard InChI is InChI=1S/C17H34N2O/c1-3-11-18-13-17(10-12-20-15-17)14-19(2)16-8-6-4-5-7-9-16/h16,18H,3-15H2,1-2H3. The topological polar surface area (TPSA) is 24.5 Å². The Labute approximate surface area is 125 Å². The van der Waals surface area contributed by atoms with E-state index in [1.807, 2.05) is 0 Å². The lowest BCUT2D eigenvalue weighted by atomic mass is 9.85. The number of nitrogens with one attached hydrogen (secondary N) is 1. The van der Waals surface area contributed by atoms with E-state index in [0.29, 0.717) is 5.41 Å². The molecule has 0 aromatic heterocycles. The molecule has 1 saturated carbocycles. The van der Waals surface area contributed by atoms with Gasteiger partial charge in [0.25, 0.3) is 0 Å². The maximum absolute atomic E-state index is 5.74. The van der Waals surface area contributed by atoms with Gasteiger partial charge in [-0.1, -0.05) is 32.6 Å². The van der Waals surface area contributed by atoms with Crippen molar-refractivity contribution in [3.05, 3.63) is 0 Å². The fraction of sp³-hybridized carbons (Fsp3) is 1.00. The second-order valence-corrected chi connectivity index (χ2v) is 7.04. The first kappa shape index (κ1) is 16.3. The van der Waals surface area contributed by atoms with E-state index in [-0.39, 0.29) is 0 Å². The fourth-order valence-electron chi connectivity index (χ4n) is 3.86. The summed E-state index contributed by atoms with van der Waals surface area (Å²) in [6.45, 7) is 7.59. The van der Waals surface area contributed by atoms with Crippen molar-refractivity contribution in [1.29, 1.82) is 0 Å². The van der Waals surface area contributed by atoms with Crippen LogP contribution in [0, 0.1) is 5.41 Å². The van der Waals surface area contributed by atoms with Crippen molar-refractivity contribution in [2.75, 3.05) is 39.9 Å². The van der Waals surface area contributed by atoms with Gasteiger partial charge in [0.15, 0.2) is 0 Å². The molecule has 2 aliphatic rings. The van der Waals surface area contributed by atoms with Crippen LogP contribution in [-0.4, -0.2) is 50.8 Å². The molecular formula is C17H34N2O. The molecule has 3 heteroatoms. The third kappa shape index (κ3) is 4.71. The van der Waals surface area contributed by atoms with Crippen LogP contribution in [0.1, 0.15) is 58.3 Å². The molecule has 0 radical (unpaired) electrons. The van der Waals surface area contributed by atoms with Crippen LogP contribution in [0.3, 0.4) is 0 Å². The number of ether oxygens (including phenoxy) is 1. The maximum Gasteiger partial charge on any atom is 0.0547 e. The average molecular weight is 282 g/mol. The van der Waals surface area contributed by atoms with E-state index in [9.17, 15) is 0 Å². The minimum atomic E-state index is 0.357. The summed E-state index contributed by atoms with van der Waals surface area (Å²) < 4.78 is 5.74. The highest BCUT2D eigenvalue weighted by Crippen LogP contribution is 2.31. The van der Waals surface area contributed by atoms with E-state index in [1.54, 1.807) is 0 Å². The smallest absolute Gasteiger partial charge is 0.0547 e. The second kappa shape index (κ2) is 8.35. The van der Waals surface area contributed by atoms with Crippen molar-refractivity contribution in [3.8, 4) is 0 Å². The predicted octanol–water partition coefficient (Wildman–Crippen LogP) is 3.05. The Balaban J connectivity index is 1.85. The number of hydrogen-bond acceptors (Lipinski definition) is 3. The second-order valence-electron chi connectivity index (χ2n) is 7.04. The molecular weight excluding hydrogens is 248 g/mol. The van der Waals surface area contributed by atoms with Crippen molar-refractivity contribution in [1.82, 2.24) is 10.2 Å². The Morgan fingerprint density at radius 2 is 1.95 bits per heavy atom. The highest BCUT2D eigenvalue weighted by atomic mass is 16.5. The van der Waals surface area contributed by atoms with Gasteiger partial charge in [-0.05, 0) is 39.3 Å². The minimum absolute atomic E-state index is 0.357. The Hall–Kier alpha value is -0.120. The zero-order valence-corrected chi connectivity index (χ0v) is 13.6. The van der Waals surface area contributed by atoms with E-state index in [0.717, 1.165) is 32.3 Å². The molecule has 118 valence electrons. The van der Waals surface area contributed by atoms with Crippen LogP contribution in [0.5, 0.6) is 0 Å². The Morgan fingerprint density at radius 3 is 2.55 bits per heavy atom. The van der Waals surface area contributed by atoms with Gasteiger partial charge in [-0.25, -0.2) is 0 Å². The van der Waals surface area contributed by atoms with E-state index >= 15 is 0 Å². The summed E-state index contributed by atoms with van der Waals surface area (Å²) in [6, 6.07) is 0.807. The van der Waals surface area contributed by atoms with E-state index in [2.05, 4.69) is 24.2 Å². The Kier molecular flexibility index (Phi) is 6.79. The van der Waals surface area contributed by atoms with Crippen molar-refractivity contribution in [3.63, 3.8) is 0 Å². The summed E-state index contributed by atoms with van der Waals surface area (Å²) in [7, 11) is 2.34. The highest BCUT2D eigenvalue weighted by Gasteiger charge is 2.36. The van der Waals surface area contributed by atoms with Crippen molar-refractivity contribution >= 4 is 0 Å². The van der Waals surface area contributed by atoms with Crippen LogP contribution in [0.15, 0.2) is 0 Å². The molecule has 0 bridgehead atoms. The number of hydrogen-bond donors (Lipinski definition) is 1. The van der Waals surface area contributed by atoms with Gasteiger partial charge in [-0.3, -0.25) is 0 Å². The van der Waals surface area contributed by atoms with Crippen molar-refractivity contribution in [2.24, 2.45) is 5.41 Å². The number of rotatable bonds is 7. The summed E-state index contributed by atoms with van der Waals surface area (Å²) in [6.07, 6.45) is 11.0. The van der Waals surface area contributed by atoms with E-state index in [1.165, 1.54) is 57.9 Å². The quantitative estimate of drug-likeness (QED) is 0.574. The van der Waals surface area contributed by atoms with Gasteiger partial charge < -0.3 is 15.0 Å². The lowest BCUT2D eigenvalue weighted by molar-refractivity contribution is 0.0961. The first-order valence-electron chi connectivity index (χ1n) is 8.74. The Bertz CT molecular complexity index is 256. The summed E-state index contributed by atoms with van der Waals surface area (Å²) in [5.74, 6) is 0. The number of nitrogens with zero attached hydrogens (tertiary/aromatic N) is 1. The lowest BCUT2D eigenvalue weighted by Crippen LogP contribution is -2.46. The molecule has 1 aliphatic heterocycles. The van der Waals surface area contributed by atoms with Gasteiger partial charge in [0, 0.05) is 31.2 Å². The van der Waals surface area contributed by atoms with Crippen LogP contribution < -0.4 is 5.32 Å².